The van der Waals surface area contributed by atoms with Gasteiger partial charge in [-0.1, -0.05) is 15.9 Å². The van der Waals surface area contributed by atoms with Crippen LogP contribution in [0.4, 0.5) is 5.69 Å². The highest BCUT2D eigenvalue weighted by Crippen LogP contribution is 2.29. The molecule has 1 atom stereocenters. The molecule has 1 N–H and O–H groups in total. The minimum Gasteiger partial charge on any atom is -0.480 e. The maximum atomic E-state index is 12.3. The van der Waals surface area contributed by atoms with E-state index >= 15 is 0 Å². The Morgan fingerprint density at radius 1 is 1.36 bits per heavy atom. The van der Waals surface area contributed by atoms with Crippen LogP contribution in [0.5, 0.6) is 5.75 Å². The van der Waals surface area contributed by atoms with Crippen LogP contribution in [0.2, 0.25) is 0 Å². The fraction of sp³-hybridized carbons (Fsp3) is 0.333. The van der Waals surface area contributed by atoms with Crippen molar-refractivity contribution >= 4 is 43.5 Å². The molecule has 0 bridgehead atoms. The van der Waals surface area contributed by atoms with E-state index in [1.54, 1.807) is 17.7 Å². The van der Waals surface area contributed by atoms with Gasteiger partial charge in [-0.05, 0) is 54.9 Å². The molecule has 118 valence electrons. The third kappa shape index (κ3) is 3.70. The molecule has 22 heavy (non-hydrogen) atoms. The van der Waals surface area contributed by atoms with Crippen LogP contribution in [0.1, 0.15) is 18.3 Å². The summed E-state index contributed by atoms with van der Waals surface area (Å²) in [4.78, 5) is 12.3. The zero-order valence-corrected chi connectivity index (χ0v) is 15.9. The number of nitrogens with zero attached hydrogens (tertiary/aromatic N) is 2. The Morgan fingerprint density at radius 3 is 2.59 bits per heavy atom. The number of carbonyl (C=O) groups is 1. The molecule has 1 aromatic heterocycles. The van der Waals surface area contributed by atoms with Crippen molar-refractivity contribution in [1.29, 1.82) is 0 Å². The normalized spacial score (nSPS) is 12.1. The van der Waals surface area contributed by atoms with Crippen molar-refractivity contribution in [3.63, 3.8) is 0 Å². The summed E-state index contributed by atoms with van der Waals surface area (Å²) in [6, 6.07) is 5.54. The SMILES string of the molecule is Cc1nn(C)c(C)c1NC(=O)C(C)Oc1ccc(Br)cc1Br. The second kappa shape index (κ2) is 6.83. The standard InChI is InChI=1S/C15H17Br2N3O2/c1-8-14(9(2)20(4)19-8)18-15(21)10(3)22-13-6-5-11(16)7-12(13)17/h5-7,10H,1-4H3,(H,18,21). The van der Waals surface area contributed by atoms with Gasteiger partial charge in [-0.25, -0.2) is 0 Å². The molecule has 0 radical (unpaired) electrons. The Kier molecular flexibility index (Phi) is 5.28. The second-order valence-electron chi connectivity index (χ2n) is 4.99. The van der Waals surface area contributed by atoms with Crippen LogP contribution < -0.4 is 10.1 Å². The van der Waals surface area contributed by atoms with E-state index in [-0.39, 0.29) is 5.91 Å². The van der Waals surface area contributed by atoms with Gasteiger partial charge in [-0.2, -0.15) is 5.10 Å². The number of hydrogen-bond acceptors (Lipinski definition) is 3. The van der Waals surface area contributed by atoms with Gasteiger partial charge in [0.15, 0.2) is 6.10 Å². The molecule has 0 spiro atoms. The van der Waals surface area contributed by atoms with Gasteiger partial charge in [-0.15, -0.1) is 0 Å². The lowest BCUT2D eigenvalue weighted by atomic mass is 10.3. The van der Waals surface area contributed by atoms with Gasteiger partial charge < -0.3 is 10.1 Å². The third-order valence-corrected chi connectivity index (χ3v) is 4.44. The van der Waals surface area contributed by atoms with Gasteiger partial charge in [-0.3, -0.25) is 9.48 Å². The highest BCUT2D eigenvalue weighted by molar-refractivity contribution is 9.11. The van der Waals surface area contributed by atoms with E-state index in [1.807, 2.05) is 33.0 Å². The van der Waals surface area contributed by atoms with Crippen molar-refractivity contribution in [2.24, 2.45) is 7.05 Å². The Labute approximate surface area is 146 Å². The first-order chi connectivity index (χ1) is 10.3. The maximum Gasteiger partial charge on any atom is 0.265 e. The average Bonchev–Trinajstić information content (AvgIpc) is 2.68. The topological polar surface area (TPSA) is 56.2 Å². The molecule has 0 aliphatic carbocycles. The Bertz CT molecular complexity index is 713. The largest absolute Gasteiger partial charge is 0.480 e. The first-order valence-corrected chi connectivity index (χ1v) is 8.31. The number of amides is 1. The van der Waals surface area contributed by atoms with Crippen molar-refractivity contribution in [2.45, 2.75) is 26.9 Å². The summed E-state index contributed by atoms with van der Waals surface area (Å²) in [6.45, 7) is 5.48. The van der Waals surface area contributed by atoms with Gasteiger partial charge in [0.25, 0.3) is 5.91 Å². The van der Waals surface area contributed by atoms with Gasteiger partial charge >= 0.3 is 0 Å². The van der Waals surface area contributed by atoms with Crippen LogP contribution in [0.25, 0.3) is 0 Å². The van der Waals surface area contributed by atoms with Crippen molar-refractivity contribution in [1.82, 2.24) is 9.78 Å². The summed E-state index contributed by atoms with van der Waals surface area (Å²) in [5.74, 6) is 0.402. The summed E-state index contributed by atoms with van der Waals surface area (Å²) < 4.78 is 9.17. The lowest BCUT2D eigenvalue weighted by Gasteiger charge is -2.16. The fourth-order valence-corrected chi connectivity index (χ4v) is 3.13. The Hall–Kier alpha value is -1.34. The Balaban J connectivity index is 2.09. The first kappa shape index (κ1) is 17.0. The van der Waals surface area contributed by atoms with Gasteiger partial charge in [0, 0.05) is 11.5 Å². The van der Waals surface area contributed by atoms with E-state index in [4.69, 9.17) is 4.74 Å². The van der Waals surface area contributed by atoms with E-state index in [2.05, 4.69) is 42.3 Å². The molecule has 0 saturated carbocycles. The lowest BCUT2D eigenvalue weighted by molar-refractivity contribution is -0.122. The molecule has 1 unspecified atom stereocenters. The summed E-state index contributed by atoms with van der Waals surface area (Å²) in [5.41, 5.74) is 2.42. The van der Waals surface area contributed by atoms with E-state index < -0.39 is 6.10 Å². The van der Waals surface area contributed by atoms with Crippen molar-refractivity contribution in [3.05, 3.63) is 38.5 Å². The van der Waals surface area contributed by atoms with Crippen LogP contribution in [-0.2, 0) is 11.8 Å². The number of nitrogens with one attached hydrogen (secondary N) is 1. The maximum absolute atomic E-state index is 12.3. The molecular formula is C15H17Br2N3O2. The second-order valence-corrected chi connectivity index (χ2v) is 6.76. The lowest BCUT2D eigenvalue weighted by Crippen LogP contribution is -2.30. The van der Waals surface area contributed by atoms with Gasteiger partial charge in [0.05, 0.1) is 21.5 Å². The molecular weight excluding hydrogens is 414 g/mol. The number of anilines is 1. The predicted octanol–water partition coefficient (Wildman–Crippen LogP) is 3.97. The smallest absolute Gasteiger partial charge is 0.265 e. The molecule has 0 fully saturated rings. The summed E-state index contributed by atoms with van der Waals surface area (Å²) >= 11 is 6.80. The number of hydrogen-bond donors (Lipinski definition) is 1. The van der Waals surface area contributed by atoms with Crippen LogP contribution in [0.15, 0.2) is 27.1 Å². The highest BCUT2D eigenvalue weighted by atomic mass is 79.9. The van der Waals surface area contributed by atoms with Crippen molar-refractivity contribution in [3.8, 4) is 5.75 Å². The van der Waals surface area contributed by atoms with E-state index in [0.717, 1.165) is 26.0 Å². The molecule has 0 saturated heterocycles. The zero-order chi connectivity index (χ0) is 16.4. The monoisotopic (exact) mass is 429 g/mol. The molecule has 0 aliphatic heterocycles. The van der Waals surface area contributed by atoms with Crippen molar-refractivity contribution < 1.29 is 9.53 Å². The third-order valence-electron chi connectivity index (χ3n) is 3.32. The van der Waals surface area contributed by atoms with E-state index in [0.29, 0.717) is 5.75 Å². The Morgan fingerprint density at radius 2 is 2.05 bits per heavy atom. The fourth-order valence-electron chi connectivity index (χ4n) is 1.99. The van der Waals surface area contributed by atoms with Gasteiger partial charge in [0.1, 0.15) is 5.75 Å². The zero-order valence-electron chi connectivity index (χ0n) is 12.8. The van der Waals surface area contributed by atoms with Crippen LogP contribution in [-0.4, -0.2) is 21.8 Å². The predicted molar refractivity (Wildman–Crippen MR) is 93.2 cm³/mol. The quantitative estimate of drug-likeness (QED) is 0.798. The summed E-state index contributed by atoms with van der Waals surface area (Å²) in [5, 5.41) is 7.16. The molecule has 2 aromatic rings. The summed E-state index contributed by atoms with van der Waals surface area (Å²) in [6.07, 6.45) is -0.628. The number of carbonyl (C=O) groups excluding carboxylic acids is 1. The van der Waals surface area contributed by atoms with Crippen LogP contribution in [0.3, 0.4) is 0 Å². The number of halogens is 2. The molecule has 1 heterocycles. The van der Waals surface area contributed by atoms with Crippen LogP contribution >= 0.6 is 31.9 Å². The molecule has 1 amide bonds. The van der Waals surface area contributed by atoms with E-state index in [9.17, 15) is 4.79 Å². The first-order valence-electron chi connectivity index (χ1n) is 6.72. The summed E-state index contributed by atoms with van der Waals surface area (Å²) in [7, 11) is 1.84. The molecule has 2 rings (SSSR count). The average molecular weight is 431 g/mol. The number of ether oxygens (including phenoxy) is 1. The molecule has 5 nitrogen and oxygen atoms in total. The minimum absolute atomic E-state index is 0.214. The molecule has 7 heteroatoms. The van der Waals surface area contributed by atoms with Crippen molar-refractivity contribution in [2.75, 3.05) is 5.32 Å². The number of rotatable bonds is 4. The van der Waals surface area contributed by atoms with E-state index in [1.165, 1.54) is 0 Å². The van der Waals surface area contributed by atoms with Gasteiger partial charge in [0.2, 0.25) is 0 Å². The molecule has 1 aromatic carbocycles. The number of benzene rings is 1. The molecule has 0 aliphatic rings. The van der Waals surface area contributed by atoms with Crippen LogP contribution in [0, 0.1) is 13.8 Å². The number of aromatic nitrogens is 2. The number of aryl methyl sites for hydroxylation is 2. The minimum atomic E-state index is -0.628. The highest BCUT2D eigenvalue weighted by Gasteiger charge is 2.19.